The molecule has 3 N–H and O–H groups in total. The summed E-state index contributed by atoms with van der Waals surface area (Å²) in [6.45, 7) is 6.22. The van der Waals surface area contributed by atoms with Crippen LogP contribution >= 0.6 is 0 Å². The first-order chi connectivity index (χ1) is 15.9. The van der Waals surface area contributed by atoms with Crippen LogP contribution in [0, 0.1) is 0 Å². The van der Waals surface area contributed by atoms with Crippen LogP contribution in [0.1, 0.15) is 25.8 Å². The smallest absolute Gasteiger partial charge is 0.247 e. The largest absolute Gasteiger partial charge is 0.494 e. The number of amides is 2. The molecule has 2 saturated heterocycles. The molecule has 0 radical (unpaired) electrons. The van der Waals surface area contributed by atoms with Crippen LogP contribution < -0.4 is 25.6 Å². The van der Waals surface area contributed by atoms with Crippen LogP contribution in [0.25, 0.3) is 0 Å². The molecule has 3 aliphatic rings. The van der Waals surface area contributed by atoms with Crippen LogP contribution in [0.15, 0.2) is 42.5 Å². The van der Waals surface area contributed by atoms with Crippen molar-refractivity contribution < 1.29 is 19.1 Å². The third-order valence-corrected chi connectivity index (χ3v) is 6.86. The molecule has 2 aromatic rings. The van der Waals surface area contributed by atoms with E-state index in [9.17, 15) is 9.59 Å². The number of ether oxygens (including phenoxy) is 2. The van der Waals surface area contributed by atoms with E-state index in [1.807, 2.05) is 42.5 Å². The highest BCUT2D eigenvalue weighted by atomic mass is 16.5. The lowest BCUT2D eigenvalue weighted by atomic mass is 9.79. The SMILES string of the molecule is COc1cc(N2CC(C)OC(C)C2)ccc1NC(=O)C1CC2(CNc3ccccc32)C(=O)N1. The molecule has 4 unspecified atom stereocenters. The Morgan fingerprint density at radius 1 is 1.18 bits per heavy atom. The van der Waals surface area contributed by atoms with E-state index in [0.717, 1.165) is 30.0 Å². The van der Waals surface area contributed by atoms with E-state index in [1.165, 1.54) is 0 Å². The number of carbonyl (C=O) groups excluding carboxylic acids is 2. The number of para-hydroxylation sites is 1. The number of rotatable bonds is 4. The molecule has 3 aliphatic heterocycles. The molecule has 3 heterocycles. The zero-order chi connectivity index (χ0) is 23.2. The Balaban J connectivity index is 1.32. The molecule has 2 aromatic carbocycles. The highest BCUT2D eigenvalue weighted by Gasteiger charge is 2.53. The maximum atomic E-state index is 13.1. The van der Waals surface area contributed by atoms with Crippen LogP contribution in [0.2, 0.25) is 0 Å². The van der Waals surface area contributed by atoms with Crippen molar-refractivity contribution in [3.8, 4) is 5.75 Å². The maximum Gasteiger partial charge on any atom is 0.247 e. The van der Waals surface area contributed by atoms with E-state index in [4.69, 9.17) is 9.47 Å². The van der Waals surface area contributed by atoms with Crippen molar-refractivity contribution in [1.29, 1.82) is 0 Å². The van der Waals surface area contributed by atoms with Crippen molar-refractivity contribution >= 4 is 28.9 Å². The fourth-order valence-corrected chi connectivity index (χ4v) is 5.32. The van der Waals surface area contributed by atoms with Gasteiger partial charge in [-0.05, 0) is 44.0 Å². The molecule has 1 spiro atoms. The quantitative estimate of drug-likeness (QED) is 0.663. The number of hydrogen-bond acceptors (Lipinski definition) is 6. The number of fused-ring (bicyclic) bond motifs is 2. The number of morpholine rings is 1. The Morgan fingerprint density at radius 3 is 2.70 bits per heavy atom. The van der Waals surface area contributed by atoms with Gasteiger partial charge in [0.05, 0.1) is 30.4 Å². The van der Waals surface area contributed by atoms with Crippen LogP contribution in [-0.2, 0) is 19.7 Å². The number of hydrogen-bond donors (Lipinski definition) is 3. The summed E-state index contributed by atoms with van der Waals surface area (Å²) >= 11 is 0. The third kappa shape index (κ3) is 3.78. The molecule has 2 amide bonds. The number of nitrogens with zero attached hydrogens (tertiary/aromatic N) is 1. The summed E-state index contributed by atoms with van der Waals surface area (Å²) in [6.07, 6.45) is 0.700. The van der Waals surface area contributed by atoms with Gasteiger partial charge in [0, 0.05) is 37.1 Å². The van der Waals surface area contributed by atoms with Crippen molar-refractivity contribution in [2.75, 3.05) is 42.3 Å². The van der Waals surface area contributed by atoms with E-state index in [0.29, 0.717) is 24.4 Å². The van der Waals surface area contributed by atoms with Crippen LogP contribution in [0.5, 0.6) is 5.75 Å². The molecule has 5 rings (SSSR count). The van der Waals surface area contributed by atoms with Gasteiger partial charge in [-0.15, -0.1) is 0 Å². The highest BCUT2D eigenvalue weighted by Crippen LogP contribution is 2.43. The Bertz CT molecular complexity index is 1080. The minimum absolute atomic E-state index is 0.113. The predicted molar refractivity (Wildman–Crippen MR) is 127 cm³/mol. The molecular weight excluding hydrogens is 420 g/mol. The van der Waals surface area contributed by atoms with Crippen LogP contribution in [0.3, 0.4) is 0 Å². The minimum atomic E-state index is -0.712. The lowest BCUT2D eigenvalue weighted by molar-refractivity contribution is -0.125. The van der Waals surface area contributed by atoms with Gasteiger partial charge in [-0.2, -0.15) is 0 Å². The van der Waals surface area contributed by atoms with Gasteiger partial charge in [0.2, 0.25) is 11.8 Å². The van der Waals surface area contributed by atoms with Gasteiger partial charge in [0.1, 0.15) is 11.8 Å². The van der Waals surface area contributed by atoms with Crippen molar-refractivity contribution in [1.82, 2.24) is 5.32 Å². The van der Waals surface area contributed by atoms with Gasteiger partial charge in [0.15, 0.2) is 0 Å². The number of nitrogens with one attached hydrogen (secondary N) is 3. The molecule has 8 nitrogen and oxygen atoms in total. The Labute approximate surface area is 193 Å². The molecule has 0 aromatic heterocycles. The molecule has 2 fully saturated rings. The summed E-state index contributed by atoms with van der Waals surface area (Å²) < 4.78 is 11.4. The molecule has 0 bridgehead atoms. The summed E-state index contributed by atoms with van der Waals surface area (Å²) in [7, 11) is 1.59. The minimum Gasteiger partial charge on any atom is -0.494 e. The fraction of sp³-hybridized carbons (Fsp3) is 0.440. The monoisotopic (exact) mass is 450 g/mol. The number of benzene rings is 2. The predicted octanol–water partition coefficient (Wildman–Crippen LogP) is 2.50. The summed E-state index contributed by atoms with van der Waals surface area (Å²) in [5.41, 5.74) is 2.80. The van der Waals surface area contributed by atoms with Crippen molar-refractivity contribution in [2.45, 2.75) is 43.9 Å². The van der Waals surface area contributed by atoms with E-state index in [2.05, 4.69) is 34.7 Å². The summed E-state index contributed by atoms with van der Waals surface area (Å²) in [5.74, 6) is 0.224. The summed E-state index contributed by atoms with van der Waals surface area (Å²) in [5, 5.41) is 9.17. The maximum absolute atomic E-state index is 13.1. The molecular formula is C25H30N4O4. The zero-order valence-electron chi connectivity index (χ0n) is 19.2. The average Bonchev–Trinajstić information content (AvgIpc) is 3.34. The lowest BCUT2D eigenvalue weighted by Crippen LogP contribution is -2.45. The van der Waals surface area contributed by atoms with Gasteiger partial charge in [-0.25, -0.2) is 0 Å². The lowest BCUT2D eigenvalue weighted by Gasteiger charge is -2.37. The molecule has 8 heteroatoms. The third-order valence-electron chi connectivity index (χ3n) is 6.86. The number of methoxy groups -OCH3 is 1. The van der Waals surface area contributed by atoms with E-state index >= 15 is 0 Å². The zero-order valence-corrected chi connectivity index (χ0v) is 19.2. The normalized spacial score (nSPS) is 28.3. The van der Waals surface area contributed by atoms with Crippen LogP contribution in [0.4, 0.5) is 17.1 Å². The molecule has 0 saturated carbocycles. The molecule has 174 valence electrons. The standard InChI is InChI=1S/C25H30N4O4/c1-15-12-29(13-16(2)33-15)17-8-9-20(22(10-17)32-3)27-23(30)21-11-25(24(31)28-21)14-26-19-7-5-4-6-18(19)25/h4-10,15-16,21,26H,11-14H2,1-3H3,(H,27,30)(H,28,31). The summed E-state index contributed by atoms with van der Waals surface area (Å²) in [4.78, 5) is 28.3. The van der Waals surface area contributed by atoms with E-state index < -0.39 is 11.5 Å². The second-order valence-electron chi connectivity index (χ2n) is 9.25. The second-order valence-corrected chi connectivity index (χ2v) is 9.25. The van der Waals surface area contributed by atoms with Gasteiger partial charge in [-0.1, -0.05) is 18.2 Å². The number of carbonyl (C=O) groups is 2. The molecule has 4 atom stereocenters. The number of anilines is 3. The topological polar surface area (TPSA) is 91.9 Å². The van der Waals surface area contributed by atoms with Crippen molar-refractivity contribution in [3.05, 3.63) is 48.0 Å². The first-order valence-electron chi connectivity index (χ1n) is 11.4. The first-order valence-corrected chi connectivity index (χ1v) is 11.4. The fourth-order valence-electron chi connectivity index (χ4n) is 5.32. The van der Waals surface area contributed by atoms with E-state index in [1.54, 1.807) is 7.11 Å². The van der Waals surface area contributed by atoms with Crippen LogP contribution in [-0.4, -0.2) is 56.8 Å². The molecule has 33 heavy (non-hydrogen) atoms. The van der Waals surface area contributed by atoms with Gasteiger partial charge >= 0.3 is 0 Å². The Morgan fingerprint density at radius 2 is 1.94 bits per heavy atom. The Kier molecular flexibility index (Phi) is 5.40. The summed E-state index contributed by atoms with van der Waals surface area (Å²) in [6, 6.07) is 13.0. The van der Waals surface area contributed by atoms with Gasteiger partial charge in [-0.3, -0.25) is 9.59 Å². The molecule has 0 aliphatic carbocycles. The Hall–Kier alpha value is -3.26. The van der Waals surface area contributed by atoms with Gasteiger partial charge < -0.3 is 30.3 Å². The van der Waals surface area contributed by atoms with Crippen molar-refractivity contribution in [2.24, 2.45) is 0 Å². The van der Waals surface area contributed by atoms with E-state index in [-0.39, 0.29) is 24.0 Å². The highest BCUT2D eigenvalue weighted by molar-refractivity contribution is 6.04. The van der Waals surface area contributed by atoms with Gasteiger partial charge in [0.25, 0.3) is 0 Å². The first kappa shape index (κ1) is 21.6. The van der Waals surface area contributed by atoms with Crippen molar-refractivity contribution in [3.63, 3.8) is 0 Å². The average molecular weight is 451 g/mol. The second kappa shape index (κ2) is 8.26.